The predicted octanol–water partition coefficient (Wildman–Crippen LogP) is 4.31. The fourth-order valence-corrected chi connectivity index (χ4v) is 5.05. The summed E-state index contributed by atoms with van der Waals surface area (Å²) in [6, 6.07) is 1.75. The van der Waals surface area contributed by atoms with Crippen molar-refractivity contribution in [2.75, 3.05) is 24.4 Å². The predicted molar refractivity (Wildman–Crippen MR) is 113 cm³/mol. The fourth-order valence-electron chi connectivity index (χ4n) is 3.53. The number of nitrogens with zero attached hydrogens (tertiary/aromatic N) is 2. The van der Waals surface area contributed by atoms with E-state index >= 15 is 0 Å². The first-order valence-corrected chi connectivity index (χ1v) is 11.3. The zero-order chi connectivity index (χ0) is 20.0. The number of rotatable bonds is 11. The van der Waals surface area contributed by atoms with Gasteiger partial charge >= 0.3 is 0 Å². The fraction of sp³-hybridized carbons (Fsp3) is 0.556. The summed E-state index contributed by atoms with van der Waals surface area (Å²) in [5.41, 5.74) is 12.1. The van der Waals surface area contributed by atoms with Crippen LogP contribution in [0.5, 0.6) is 5.88 Å². The molecule has 0 aromatic carbocycles. The van der Waals surface area contributed by atoms with E-state index < -0.39 is 0 Å². The third-order valence-electron chi connectivity index (χ3n) is 5.12. The van der Waals surface area contributed by atoms with E-state index in [0.29, 0.717) is 41.1 Å². The number of aromatic nitrogens is 2. The van der Waals surface area contributed by atoms with Gasteiger partial charge in [-0.3, -0.25) is 0 Å². The van der Waals surface area contributed by atoms with Gasteiger partial charge in [-0.15, -0.1) is 0 Å². The molecule has 0 radical (unpaired) electrons. The van der Waals surface area contributed by atoms with Crippen molar-refractivity contribution in [2.24, 2.45) is 22.8 Å². The Hall–Kier alpha value is -1.13. The summed E-state index contributed by atoms with van der Waals surface area (Å²) in [5, 5.41) is 0.563. The summed E-state index contributed by atoms with van der Waals surface area (Å²) in [4.78, 5) is 8.98. The maximum absolute atomic E-state index is 13.0. The van der Waals surface area contributed by atoms with Gasteiger partial charge in [0.1, 0.15) is 5.02 Å². The zero-order valence-electron chi connectivity index (χ0n) is 15.5. The van der Waals surface area contributed by atoms with Gasteiger partial charge in [-0.25, -0.2) is 9.97 Å². The summed E-state index contributed by atoms with van der Waals surface area (Å²) in [6.07, 6.45) is 8.62. The molecule has 10 heteroatoms. The van der Waals surface area contributed by atoms with E-state index in [2.05, 4.69) is 14.7 Å². The molecule has 1 atom stereocenters. The van der Waals surface area contributed by atoms with Crippen LogP contribution in [0.25, 0.3) is 0 Å². The molecule has 28 heavy (non-hydrogen) atoms. The van der Waals surface area contributed by atoms with Crippen LogP contribution in [-0.4, -0.2) is 29.7 Å². The van der Waals surface area contributed by atoms with Gasteiger partial charge in [0.15, 0.2) is 10.3 Å². The molecule has 1 aliphatic rings. The van der Waals surface area contributed by atoms with Crippen LogP contribution in [0, 0.1) is 16.5 Å². The SMILES string of the molecule is NCCC1(CC(CN)COc2ncc(SNc3ncc(F)s3)cc2Cl)CCC1. The quantitative estimate of drug-likeness (QED) is 0.443. The molecule has 1 saturated carbocycles. The number of pyridine rings is 1. The van der Waals surface area contributed by atoms with Crippen LogP contribution in [-0.2, 0) is 0 Å². The maximum Gasteiger partial charge on any atom is 0.232 e. The van der Waals surface area contributed by atoms with E-state index in [9.17, 15) is 4.39 Å². The van der Waals surface area contributed by atoms with Crippen LogP contribution in [0.2, 0.25) is 5.02 Å². The summed E-state index contributed by atoms with van der Waals surface area (Å²) in [6.45, 7) is 1.76. The standard InChI is InChI=1S/C18H25ClFN5OS2/c19-14-6-13(28-25-17-24-10-15(20)27-17)9-23-16(14)26-11-12(8-22)7-18(4-5-21)2-1-3-18/h6,9-10,12H,1-5,7-8,11,21-22H2,(H,24,25). The number of halogens is 2. The summed E-state index contributed by atoms with van der Waals surface area (Å²) in [5.74, 6) is 0.645. The molecule has 154 valence electrons. The van der Waals surface area contributed by atoms with Gasteiger partial charge in [-0.05, 0) is 62.2 Å². The number of nitrogens with one attached hydrogen (secondary N) is 1. The van der Waals surface area contributed by atoms with E-state index in [4.69, 9.17) is 27.8 Å². The van der Waals surface area contributed by atoms with Gasteiger partial charge in [-0.2, -0.15) is 4.39 Å². The van der Waals surface area contributed by atoms with Crippen LogP contribution in [0.15, 0.2) is 23.4 Å². The number of anilines is 1. The largest absolute Gasteiger partial charge is 0.476 e. The van der Waals surface area contributed by atoms with Crippen molar-refractivity contribution in [3.8, 4) is 5.88 Å². The van der Waals surface area contributed by atoms with Crippen molar-refractivity contribution in [3.63, 3.8) is 0 Å². The van der Waals surface area contributed by atoms with E-state index in [1.54, 1.807) is 12.3 Å². The van der Waals surface area contributed by atoms with Gasteiger partial charge < -0.3 is 20.9 Å². The first-order valence-electron chi connectivity index (χ1n) is 9.26. The molecule has 0 amide bonds. The van der Waals surface area contributed by atoms with Crippen LogP contribution in [0.3, 0.4) is 0 Å². The second-order valence-corrected chi connectivity index (χ2v) is 9.41. The average molecular weight is 446 g/mol. The smallest absolute Gasteiger partial charge is 0.232 e. The molecule has 1 unspecified atom stereocenters. The van der Waals surface area contributed by atoms with Crippen molar-refractivity contribution in [2.45, 2.75) is 37.0 Å². The van der Waals surface area contributed by atoms with E-state index in [0.717, 1.165) is 29.1 Å². The van der Waals surface area contributed by atoms with Crippen molar-refractivity contribution in [1.82, 2.24) is 9.97 Å². The summed E-state index contributed by atoms with van der Waals surface area (Å²) in [7, 11) is 0. The first kappa shape index (κ1) is 21.6. The molecule has 1 fully saturated rings. The zero-order valence-corrected chi connectivity index (χ0v) is 17.9. The van der Waals surface area contributed by atoms with Crippen molar-refractivity contribution in [3.05, 3.63) is 28.6 Å². The second kappa shape index (κ2) is 10.1. The Morgan fingerprint density at radius 3 is 2.75 bits per heavy atom. The summed E-state index contributed by atoms with van der Waals surface area (Å²) >= 11 is 8.51. The Balaban J connectivity index is 1.52. The third kappa shape index (κ3) is 5.70. The lowest BCUT2D eigenvalue weighted by molar-refractivity contribution is 0.0704. The topological polar surface area (TPSA) is 99.1 Å². The molecule has 5 N–H and O–H groups in total. The highest BCUT2D eigenvalue weighted by molar-refractivity contribution is 8.00. The second-order valence-electron chi connectivity index (χ2n) is 7.14. The van der Waals surface area contributed by atoms with Crippen LogP contribution >= 0.6 is 34.9 Å². The Morgan fingerprint density at radius 2 is 2.18 bits per heavy atom. The molecule has 0 saturated heterocycles. The minimum absolute atomic E-state index is 0.250. The van der Waals surface area contributed by atoms with Crippen molar-refractivity contribution < 1.29 is 9.13 Å². The highest BCUT2D eigenvalue weighted by Crippen LogP contribution is 2.48. The van der Waals surface area contributed by atoms with E-state index in [1.807, 2.05) is 0 Å². The van der Waals surface area contributed by atoms with Crippen LogP contribution in [0.1, 0.15) is 32.1 Å². The molecular weight excluding hydrogens is 421 g/mol. The molecule has 0 spiro atoms. The van der Waals surface area contributed by atoms with Crippen LogP contribution in [0.4, 0.5) is 9.52 Å². The molecule has 3 rings (SSSR count). The lowest BCUT2D eigenvalue weighted by Crippen LogP contribution is -2.37. The van der Waals surface area contributed by atoms with Gasteiger partial charge in [0.05, 0.1) is 12.8 Å². The molecule has 2 heterocycles. The third-order valence-corrected chi connectivity index (χ3v) is 6.97. The number of hydrogen-bond acceptors (Lipinski definition) is 8. The molecule has 2 aromatic rings. The Kier molecular flexibility index (Phi) is 7.76. The van der Waals surface area contributed by atoms with E-state index in [1.165, 1.54) is 37.4 Å². The number of nitrogens with two attached hydrogens (primary N) is 2. The Bertz CT molecular complexity index is 774. The van der Waals surface area contributed by atoms with E-state index in [-0.39, 0.29) is 11.0 Å². The normalized spacial score (nSPS) is 16.4. The monoisotopic (exact) mass is 445 g/mol. The number of ether oxygens (including phenoxy) is 1. The Labute approximate surface area is 177 Å². The lowest BCUT2D eigenvalue weighted by atomic mass is 9.62. The molecule has 1 aliphatic carbocycles. The first-order chi connectivity index (χ1) is 13.5. The highest BCUT2D eigenvalue weighted by atomic mass is 35.5. The van der Waals surface area contributed by atoms with Gasteiger partial charge in [0, 0.05) is 17.0 Å². The average Bonchev–Trinajstić information content (AvgIpc) is 3.07. The molecule has 0 bridgehead atoms. The molecule has 2 aromatic heterocycles. The van der Waals surface area contributed by atoms with Crippen molar-refractivity contribution >= 4 is 40.0 Å². The van der Waals surface area contributed by atoms with Crippen LogP contribution < -0.4 is 20.9 Å². The van der Waals surface area contributed by atoms with Gasteiger partial charge in [-0.1, -0.05) is 29.4 Å². The summed E-state index contributed by atoms with van der Waals surface area (Å²) < 4.78 is 21.8. The Morgan fingerprint density at radius 1 is 1.36 bits per heavy atom. The highest BCUT2D eigenvalue weighted by Gasteiger charge is 2.37. The minimum atomic E-state index is -0.340. The molecular formula is C18H25ClFN5OS2. The molecule has 0 aliphatic heterocycles. The number of thiazole rings is 1. The minimum Gasteiger partial charge on any atom is -0.476 e. The number of hydrogen-bond donors (Lipinski definition) is 3. The molecule has 6 nitrogen and oxygen atoms in total. The van der Waals surface area contributed by atoms with Gasteiger partial charge in [0.25, 0.3) is 0 Å². The maximum atomic E-state index is 13.0. The van der Waals surface area contributed by atoms with Crippen molar-refractivity contribution in [1.29, 1.82) is 0 Å². The lowest BCUT2D eigenvalue weighted by Gasteiger charge is -2.44. The van der Waals surface area contributed by atoms with Gasteiger partial charge in [0.2, 0.25) is 5.88 Å².